The first kappa shape index (κ1) is 25.6. The van der Waals surface area contributed by atoms with Crippen LogP contribution in [0.25, 0.3) is 0 Å². The molecule has 2 aliphatic rings. The van der Waals surface area contributed by atoms with E-state index in [0.29, 0.717) is 0 Å². The molecule has 0 radical (unpaired) electrons. The number of benzene rings is 4. The minimum atomic E-state index is -4.02. The molecule has 4 aromatic carbocycles. The monoisotopic (exact) mass is 586 g/mol. The maximum absolute atomic E-state index is 7.19. The third-order valence-corrected chi connectivity index (χ3v) is 16.5. The number of hydrogen-bond acceptors (Lipinski definition) is 2. The van der Waals surface area contributed by atoms with Crippen molar-refractivity contribution in [3.05, 3.63) is 180 Å². The van der Waals surface area contributed by atoms with Crippen molar-refractivity contribution in [2.75, 3.05) is 0 Å². The van der Waals surface area contributed by atoms with Gasteiger partial charge in [-0.1, -0.05) is 0 Å². The minimum absolute atomic E-state index is 0.146. The Morgan fingerprint density at radius 3 is 1.23 bits per heavy atom. The van der Waals surface area contributed by atoms with E-state index in [1.165, 1.54) is 22.3 Å². The van der Waals surface area contributed by atoms with Crippen molar-refractivity contribution in [2.24, 2.45) is 0 Å². The summed E-state index contributed by atoms with van der Waals surface area (Å²) in [5.41, 5.74) is 5.05. The Labute approximate surface area is 237 Å². The van der Waals surface area contributed by atoms with Crippen molar-refractivity contribution in [2.45, 2.75) is 20.1 Å². The van der Waals surface area contributed by atoms with Crippen LogP contribution in [0.1, 0.15) is 22.3 Å². The number of allylic oxidation sites excluding steroid dienone is 8. The molecule has 0 atom stereocenters. The molecular weight excluding hydrogens is 556 g/mol. The van der Waals surface area contributed by atoms with Gasteiger partial charge in [-0.2, -0.15) is 0 Å². The molecular formula is C36H32O2Zr. The first-order valence-corrected chi connectivity index (χ1v) is 18.5. The Morgan fingerprint density at radius 1 is 0.436 bits per heavy atom. The van der Waals surface area contributed by atoms with Crippen LogP contribution in [0.5, 0.6) is 11.5 Å². The summed E-state index contributed by atoms with van der Waals surface area (Å²) in [6, 6.07) is 38.3. The van der Waals surface area contributed by atoms with Gasteiger partial charge >= 0.3 is 238 Å². The molecule has 0 spiro atoms. The van der Waals surface area contributed by atoms with E-state index >= 15 is 0 Å². The average Bonchev–Trinajstić information content (AvgIpc) is 3.70. The Balaban J connectivity index is 1.34. The van der Waals surface area contributed by atoms with E-state index in [9.17, 15) is 0 Å². The first-order valence-electron chi connectivity index (χ1n) is 13.6. The topological polar surface area (TPSA) is 18.5 Å². The molecule has 0 amide bonds. The third kappa shape index (κ3) is 6.16. The van der Waals surface area contributed by atoms with Gasteiger partial charge < -0.3 is 0 Å². The summed E-state index contributed by atoms with van der Waals surface area (Å²) in [4.78, 5) is 0. The fourth-order valence-electron chi connectivity index (χ4n) is 5.38. The zero-order valence-electron chi connectivity index (χ0n) is 21.9. The molecule has 0 bridgehead atoms. The van der Waals surface area contributed by atoms with Crippen molar-refractivity contribution < 1.29 is 26.8 Å². The molecule has 0 saturated heterocycles. The van der Waals surface area contributed by atoms with Gasteiger partial charge in [0.25, 0.3) is 0 Å². The molecule has 0 unspecified atom stereocenters. The normalized spacial score (nSPS) is 14.8. The molecule has 0 heterocycles. The van der Waals surface area contributed by atoms with E-state index in [0.717, 1.165) is 24.3 Å². The summed E-state index contributed by atoms with van der Waals surface area (Å²) in [6.07, 6.45) is 19.3. The molecule has 192 valence electrons. The van der Waals surface area contributed by atoms with Gasteiger partial charge in [-0.15, -0.1) is 0 Å². The van der Waals surface area contributed by atoms with Crippen LogP contribution in [0.3, 0.4) is 0 Å². The van der Waals surface area contributed by atoms with Gasteiger partial charge in [0, 0.05) is 0 Å². The van der Waals surface area contributed by atoms with Crippen molar-refractivity contribution in [3.63, 3.8) is 0 Å². The Morgan fingerprint density at radius 2 is 0.821 bits per heavy atom. The van der Waals surface area contributed by atoms with Crippen LogP contribution in [0.4, 0.5) is 0 Å². The van der Waals surface area contributed by atoms with Crippen molar-refractivity contribution in [1.82, 2.24) is 0 Å². The third-order valence-electron chi connectivity index (χ3n) is 7.28. The fraction of sp³-hybridized carbons (Fsp3) is 0.111. The zero-order valence-corrected chi connectivity index (χ0v) is 24.4. The van der Waals surface area contributed by atoms with E-state index in [1.54, 1.807) is 0 Å². The van der Waals surface area contributed by atoms with Crippen molar-refractivity contribution in [1.29, 1.82) is 0 Å². The van der Waals surface area contributed by atoms with Crippen LogP contribution in [-0.4, -0.2) is 0 Å². The van der Waals surface area contributed by atoms with Gasteiger partial charge in [0.05, 0.1) is 0 Å². The Hall–Kier alpha value is -3.68. The van der Waals surface area contributed by atoms with Gasteiger partial charge in [0.2, 0.25) is 0 Å². The second-order valence-electron chi connectivity index (χ2n) is 10.1. The van der Waals surface area contributed by atoms with Crippen LogP contribution in [-0.2, 0) is 34.0 Å². The number of hydrogen-bond donors (Lipinski definition) is 0. The van der Waals surface area contributed by atoms with Crippen LogP contribution in [0.15, 0.2) is 158 Å². The molecule has 3 heteroatoms. The standard InChI is InChI=1S/2C13H12O.2C5H5.Zr/c2*14-13-8-4-7-12(10-13)9-11-5-2-1-3-6-11;2*1-2-4-5-3-1;/h2*1-8,10,14H,9H2;2*1-5H;/q;;;;+2/p-2. The van der Waals surface area contributed by atoms with Crippen LogP contribution < -0.4 is 5.63 Å². The summed E-state index contributed by atoms with van der Waals surface area (Å²) in [7, 11) is 0. The molecule has 2 aliphatic carbocycles. The summed E-state index contributed by atoms with van der Waals surface area (Å²) < 4.78 is 14.7. The molecule has 2 nitrogen and oxygen atoms in total. The summed E-state index contributed by atoms with van der Waals surface area (Å²) in [5.74, 6) is 1.78. The van der Waals surface area contributed by atoms with E-state index in [4.69, 9.17) is 5.63 Å². The van der Waals surface area contributed by atoms with Crippen molar-refractivity contribution in [3.8, 4) is 11.5 Å². The number of rotatable bonds is 10. The first-order chi connectivity index (χ1) is 19.3. The zero-order chi connectivity index (χ0) is 26.3. The van der Waals surface area contributed by atoms with Crippen molar-refractivity contribution >= 4 is 0 Å². The van der Waals surface area contributed by atoms with Gasteiger partial charge in [-0.3, -0.25) is 0 Å². The quantitative estimate of drug-likeness (QED) is 0.184. The predicted octanol–water partition coefficient (Wildman–Crippen LogP) is 9.14. The molecule has 39 heavy (non-hydrogen) atoms. The van der Waals surface area contributed by atoms with E-state index in [2.05, 4.69) is 158 Å². The van der Waals surface area contributed by atoms with Crippen LogP contribution in [0, 0.1) is 0 Å². The van der Waals surface area contributed by atoms with E-state index < -0.39 is 21.1 Å². The molecule has 0 aromatic heterocycles. The second kappa shape index (κ2) is 12.0. The van der Waals surface area contributed by atoms with Gasteiger partial charge in [0.15, 0.2) is 0 Å². The molecule has 0 N–H and O–H groups in total. The summed E-state index contributed by atoms with van der Waals surface area (Å²) >= 11 is -4.02. The maximum atomic E-state index is 7.19. The Bertz CT molecular complexity index is 1380. The molecule has 4 aromatic rings. The SMILES string of the molecule is C1=C[CH]([Zr]([O]c2cccc(Cc3ccccc3)c2)([O]c2cccc(Cc3ccccc3)c2)[CH]2C=CC=C2)C=C1. The molecule has 0 fully saturated rings. The van der Waals surface area contributed by atoms with Gasteiger partial charge in [0.1, 0.15) is 0 Å². The van der Waals surface area contributed by atoms with Gasteiger partial charge in [-0.25, -0.2) is 0 Å². The van der Waals surface area contributed by atoms with Crippen LogP contribution >= 0.6 is 0 Å². The average molecular weight is 588 g/mol. The van der Waals surface area contributed by atoms with E-state index in [-0.39, 0.29) is 7.25 Å². The second-order valence-corrected chi connectivity index (χ2v) is 18.0. The molecule has 0 saturated carbocycles. The molecule has 0 aliphatic heterocycles. The van der Waals surface area contributed by atoms with Gasteiger partial charge in [-0.05, 0) is 0 Å². The summed E-state index contributed by atoms with van der Waals surface area (Å²) in [5, 5.41) is 0. The van der Waals surface area contributed by atoms with E-state index in [1.807, 2.05) is 0 Å². The van der Waals surface area contributed by atoms with Crippen LogP contribution in [0.2, 0.25) is 7.25 Å². The summed E-state index contributed by atoms with van der Waals surface area (Å²) in [6.45, 7) is 0. The molecule has 6 rings (SSSR count). The predicted molar refractivity (Wildman–Crippen MR) is 157 cm³/mol. The fourth-order valence-corrected chi connectivity index (χ4v) is 14.1. The Kier molecular flexibility index (Phi) is 7.88.